The molecule has 21 heavy (non-hydrogen) atoms. The van der Waals surface area contributed by atoms with Crippen LogP contribution >= 0.6 is 0 Å². The van der Waals surface area contributed by atoms with Crippen molar-refractivity contribution in [2.24, 2.45) is 22.2 Å². The van der Waals surface area contributed by atoms with Gasteiger partial charge in [0, 0.05) is 6.20 Å². The quantitative estimate of drug-likeness (QED) is 0.891. The first-order valence-corrected chi connectivity index (χ1v) is 8.12. The number of pyridine rings is 1. The molecule has 2 atom stereocenters. The predicted octanol–water partition coefficient (Wildman–Crippen LogP) is 4.02. The molecule has 4 bridgehead atoms. The smallest absolute Gasteiger partial charge is 0.230 e. The van der Waals surface area contributed by atoms with Crippen molar-refractivity contribution in [1.29, 1.82) is 0 Å². The summed E-state index contributed by atoms with van der Waals surface area (Å²) in [5.74, 6) is 0.980. The molecule has 4 fully saturated rings. The van der Waals surface area contributed by atoms with Crippen LogP contribution in [0.3, 0.4) is 0 Å². The highest BCUT2D eigenvalue weighted by atomic mass is 16.2. The average molecular weight is 284 g/mol. The van der Waals surface area contributed by atoms with Gasteiger partial charge in [0.15, 0.2) is 0 Å². The first kappa shape index (κ1) is 13.3. The minimum Gasteiger partial charge on any atom is -0.324 e. The summed E-state index contributed by atoms with van der Waals surface area (Å²) >= 11 is 0. The summed E-state index contributed by atoms with van der Waals surface area (Å²) in [6.07, 6.45) is 10.7. The van der Waals surface area contributed by atoms with Crippen LogP contribution in [0, 0.1) is 22.2 Å². The van der Waals surface area contributed by atoms with Crippen molar-refractivity contribution in [2.45, 2.75) is 52.4 Å². The van der Waals surface area contributed by atoms with Crippen LogP contribution in [-0.2, 0) is 4.79 Å². The van der Waals surface area contributed by atoms with Crippen molar-refractivity contribution in [3.05, 3.63) is 24.5 Å². The number of nitrogens with zero attached hydrogens (tertiary/aromatic N) is 1. The average Bonchev–Trinajstić information content (AvgIpc) is 2.35. The van der Waals surface area contributed by atoms with Crippen molar-refractivity contribution in [3.8, 4) is 0 Å². The molecule has 112 valence electrons. The minimum absolute atomic E-state index is 0.140. The molecular weight excluding hydrogens is 260 g/mol. The molecule has 1 amide bonds. The second kappa shape index (κ2) is 4.08. The molecule has 4 saturated carbocycles. The summed E-state index contributed by atoms with van der Waals surface area (Å²) in [6.45, 7) is 4.81. The van der Waals surface area contributed by atoms with Gasteiger partial charge in [-0.2, -0.15) is 0 Å². The third kappa shape index (κ3) is 2.09. The molecule has 0 unspecified atom stereocenters. The monoisotopic (exact) mass is 284 g/mol. The first-order valence-electron chi connectivity index (χ1n) is 8.12. The fourth-order valence-electron chi connectivity index (χ4n) is 6.40. The molecule has 1 aromatic heterocycles. The van der Waals surface area contributed by atoms with Gasteiger partial charge < -0.3 is 5.32 Å². The van der Waals surface area contributed by atoms with Crippen molar-refractivity contribution >= 4 is 11.6 Å². The third-order valence-corrected chi connectivity index (χ3v) is 6.03. The molecule has 3 nitrogen and oxygen atoms in total. The molecule has 0 radical (unpaired) electrons. The number of rotatable bonds is 2. The Labute approximate surface area is 126 Å². The van der Waals surface area contributed by atoms with Crippen LogP contribution in [0.4, 0.5) is 5.69 Å². The van der Waals surface area contributed by atoms with Gasteiger partial charge in [-0.05, 0) is 67.4 Å². The van der Waals surface area contributed by atoms with E-state index in [4.69, 9.17) is 0 Å². The van der Waals surface area contributed by atoms with Crippen LogP contribution in [0.15, 0.2) is 24.5 Å². The summed E-state index contributed by atoms with van der Waals surface area (Å²) in [5.41, 5.74) is 1.44. The lowest BCUT2D eigenvalue weighted by atomic mass is 9.40. The van der Waals surface area contributed by atoms with Crippen LogP contribution in [0.25, 0.3) is 0 Å². The second-order valence-electron chi connectivity index (χ2n) is 8.61. The molecule has 0 spiro atoms. The van der Waals surface area contributed by atoms with E-state index in [0.717, 1.165) is 30.9 Å². The Balaban J connectivity index is 1.63. The molecular formula is C18H24N2O. The Morgan fingerprint density at radius 2 is 1.90 bits per heavy atom. The summed E-state index contributed by atoms with van der Waals surface area (Å²) < 4.78 is 0. The molecule has 1 aromatic rings. The number of anilines is 1. The summed E-state index contributed by atoms with van der Waals surface area (Å²) in [6, 6.07) is 3.80. The van der Waals surface area contributed by atoms with Gasteiger partial charge in [-0.1, -0.05) is 13.8 Å². The lowest BCUT2D eigenvalue weighted by Gasteiger charge is -2.64. The number of hydrogen-bond donors (Lipinski definition) is 1. The SMILES string of the molecule is C[C@]12CC3CC(C(=O)Nc4cccnc4)(C1)C[C@](C)(C3)C2. The maximum absolute atomic E-state index is 13.0. The lowest BCUT2D eigenvalue weighted by Crippen LogP contribution is -2.58. The van der Waals surface area contributed by atoms with Crippen LogP contribution in [0.2, 0.25) is 0 Å². The van der Waals surface area contributed by atoms with Crippen molar-refractivity contribution < 1.29 is 4.79 Å². The zero-order chi connectivity index (χ0) is 14.7. The van der Waals surface area contributed by atoms with E-state index in [2.05, 4.69) is 24.1 Å². The molecule has 4 aliphatic rings. The highest BCUT2D eigenvalue weighted by molar-refractivity contribution is 5.95. The fourth-order valence-corrected chi connectivity index (χ4v) is 6.40. The highest BCUT2D eigenvalue weighted by Crippen LogP contribution is 2.69. The number of hydrogen-bond acceptors (Lipinski definition) is 2. The molecule has 0 aromatic carbocycles. The van der Waals surface area contributed by atoms with Gasteiger partial charge in [0.05, 0.1) is 17.3 Å². The molecule has 4 aliphatic carbocycles. The predicted molar refractivity (Wildman–Crippen MR) is 82.7 cm³/mol. The van der Waals surface area contributed by atoms with E-state index in [1.54, 1.807) is 12.4 Å². The molecule has 5 rings (SSSR count). The van der Waals surface area contributed by atoms with E-state index in [9.17, 15) is 4.79 Å². The lowest BCUT2D eigenvalue weighted by molar-refractivity contribution is -0.165. The van der Waals surface area contributed by atoms with Gasteiger partial charge in [-0.15, -0.1) is 0 Å². The van der Waals surface area contributed by atoms with Gasteiger partial charge in [-0.25, -0.2) is 0 Å². The van der Waals surface area contributed by atoms with Crippen LogP contribution in [0.5, 0.6) is 0 Å². The number of carbonyl (C=O) groups excluding carboxylic acids is 1. The standard InChI is InChI=1S/C18H24N2O/c1-16-6-13-7-17(2,10-16)12-18(8-13,11-16)15(21)20-14-4-3-5-19-9-14/h3-5,9,13H,6-8,10-12H2,1-2H3,(H,20,21)/t13?,16-,17-,18?/m1/s1. The first-order chi connectivity index (χ1) is 9.91. The van der Waals surface area contributed by atoms with Gasteiger partial charge in [0.1, 0.15) is 0 Å². The Hall–Kier alpha value is -1.38. The van der Waals surface area contributed by atoms with Crippen LogP contribution in [-0.4, -0.2) is 10.9 Å². The van der Waals surface area contributed by atoms with E-state index >= 15 is 0 Å². The van der Waals surface area contributed by atoms with Crippen LogP contribution < -0.4 is 5.32 Å². The molecule has 1 N–H and O–H groups in total. The van der Waals surface area contributed by atoms with E-state index in [1.807, 2.05) is 12.1 Å². The topological polar surface area (TPSA) is 42.0 Å². The Morgan fingerprint density at radius 3 is 2.48 bits per heavy atom. The Morgan fingerprint density at radius 1 is 1.19 bits per heavy atom. The number of amides is 1. The molecule has 3 heteroatoms. The minimum atomic E-state index is -0.140. The summed E-state index contributed by atoms with van der Waals surface area (Å²) in [5, 5.41) is 3.13. The summed E-state index contributed by atoms with van der Waals surface area (Å²) in [7, 11) is 0. The van der Waals surface area contributed by atoms with Gasteiger partial charge >= 0.3 is 0 Å². The van der Waals surface area contributed by atoms with E-state index in [1.165, 1.54) is 19.3 Å². The number of carbonyl (C=O) groups is 1. The van der Waals surface area contributed by atoms with Gasteiger partial charge in [-0.3, -0.25) is 9.78 Å². The second-order valence-corrected chi connectivity index (χ2v) is 8.61. The number of nitrogens with one attached hydrogen (secondary N) is 1. The summed E-state index contributed by atoms with van der Waals surface area (Å²) in [4.78, 5) is 17.1. The van der Waals surface area contributed by atoms with Gasteiger partial charge in [0.25, 0.3) is 0 Å². The van der Waals surface area contributed by atoms with E-state index in [-0.39, 0.29) is 11.3 Å². The van der Waals surface area contributed by atoms with Crippen molar-refractivity contribution in [3.63, 3.8) is 0 Å². The molecule has 0 saturated heterocycles. The van der Waals surface area contributed by atoms with E-state index < -0.39 is 0 Å². The normalized spacial score (nSPS) is 43.8. The van der Waals surface area contributed by atoms with E-state index in [0.29, 0.717) is 10.8 Å². The Bertz CT molecular complexity index is 564. The maximum Gasteiger partial charge on any atom is 0.230 e. The largest absolute Gasteiger partial charge is 0.324 e. The molecule has 0 aliphatic heterocycles. The Kier molecular flexibility index (Phi) is 2.59. The van der Waals surface area contributed by atoms with Crippen molar-refractivity contribution in [1.82, 2.24) is 4.98 Å². The third-order valence-electron chi connectivity index (χ3n) is 6.03. The zero-order valence-corrected chi connectivity index (χ0v) is 13.0. The zero-order valence-electron chi connectivity index (χ0n) is 13.0. The fraction of sp³-hybridized carbons (Fsp3) is 0.667. The number of aromatic nitrogens is 1. The van der Waals surface area contributed by atoms with Crippen LogP contribution in [0.1, 0.15) is 52.4 Å². The van der Waals surface area contributed by atoms with Gasteiger partial charge in [0.2, 0.25) is 5.91 Å². The van der Waals surface area contributed by atoms with Crippen molar-refractivity contribution in [2.75, 3.05) is 5.32 Å². The maximum atomic E-state index is 13.0. The highest BCUT2D eigenvalue weighted by Gasteiger charge is 2.62. The molecule has 1 heterocycles.